The van der Waals surface area contributed by atoms with Gasteiger partial charge in [0.15, 0.2) is 0 Å². The molecule has 4 nitrogen and oxygen atoms in total. The molecule has 29 heavy (non-hydrogen) atoms. The van der Waals surface area contributed by atoms with Gasteiger partial charge < -0.3 is 10.1 Å². The highest BCUT2D eigenvalue weighted by atomic mass is 16.5. The summed E-state index contributed by atoms with van der Waals surface area (Å²) in [5, 5.41) is 3.33. The third-order valence-corrected chi connectivity index (χ3v) is 7.77. The molecule has 4 heteroatoms. The number of esters is 1. The lowest BCUT2D eigenvalue weighted by atomic mass is 9.54. The Bertz CT molecular complexity index is 802. The molecule has 1 aliphatic carbocycles. The summed E-state index contributed by atoms with van der Waals surface area (Å²) in [5.74, 6) is 1.13. The molecule has 0 radical (unpaired) electrons. The van der Waals surface area contributed by atoms with Gasteiger partial charge in [-0.25, -0.2) is 0 Å². The molecule has 5 rings (SSSR count). The minimum absolute atomic E-state index is 0.00353. The molecule has 158 valence electrons. The van der Waals surface area contributed by atoms with E-state index in [0.29, 0.717) is 11.8 Å². The minimum atomic E-state index is -0.489. The first-order valence-electron chi connectivity index (χ1n) is 11.3. The van der Waals surface area contributed by atoms with Crippen LogP contribution in [-0.4, -0.2) is 50.7 Å². The van der Waals surface area contributed by atoms with Crippen LogP contribution in [0.5, 0.6) is 0 Å². The fraction of sp³-hybridized carbons (Fsp3) is 0.640. The van der Waals surface area contributed by atoms with Gasteiger partial charge in [-0.3, -0.25) is 9.69 Å². The average molecular weight is 397 g/mol. The number of hydrogen-bond acceptors (Lipinski definition) is 4. The Balaban J connectivity index is 1.91. The van der Waals surface area contributed by atoms with Crippen molar-refractivity contribution < 1.29 is 9.53 Å². The molecule has 3 heterocycles. The van der Waals surface area contributed by atoms with Gasteiger partial charge in [0.2, 0.25) is 0 Å². The van der Waals surface area contributed by atoms with Crippen LogP contribution in [0.25, 0.3) is 5.57 Å². The monoisotopic (exact) mass is 396 g/mol. The predicted molar refractivity (Wildman–Crippen MR) is 118 cm³/mol. The Morgan fingerprint density at radius 3 is 2.83 bits per heavy atom. The van der Waals surface area contributed by atoms with Crippen molar-refractivity contribution in [3.63, 3.8) is 0 Å². The number of ether oxygens (including phenoxy) is 1. The quantitative estimate of drug-likeness (QED) is 0.737. The Kier molecular flexibility index (Phi) is 5.85. The summed E-state index contributed by atoms with van der Waals surface area (Å²) in [4.78, 5) is 16.2. The van der Waals surface area contributed by atoms with Crippen molar-refractivity contribution in [3.05, 3.63) is 41.0 Å². The molecule has 5 unspecified atom stereocenters. The number of hydrogen-bond donors (Lipinski definition) is 1. The van der Waals surface area contributed by atoms with E-state index >= 15 is 0 Å². The van der Waals surface area contributed by atoms with Gasteiger partial charge in [0, 0.05) is 19.1 Å². The molecule has 1 N–H and O–H groups in total. The van der Waals surface area contributed by atoms with Crippen LogP contribution < -0.4 is 5.32 Å². The molecule has 3 fully saturated rings. The zero-order valence-corrected chi connectivity index (χ0v) is 18.5. The summed E-state index contributed by atoms with van der Waals surface area (Å²) >= 11 is 0. The van der Waals surface area contributed by atoms with Gasteiger partial charge in [-0.05, 0) is 86.7 Å². The number of carbonyl (C=O) groups is 1. The van der Waals surface area contributed by atoms with E-state index in [4.69, 9.17) is 4.74 Å². The second-order valence-electron chi connectivity index (χ2n) is 9.24. The molecule has 0 aromatic heterocycles. The third-order valence-electron chi connectivity index (χ3n) is 7.77. The Morgan fingerprint density at radius 2 is 2.14 bits per heavy atom. The smallest absolute Gasteiger partial charge is 0.317 e. The van der Waals surface area contributed by atoms with Crippen LogP contribution in [-0.2, 0) is 9.53 Å². The molecule has 2 saturated heterocycles. The molecule has 1 saturated carbocycles. The highest BCUT2D eigenvalue weighted by Gasteiger charge is 2.62. The number of nitrogens with zero attached hydrogens (tertiary/aromatic N) is 1. The van der Waals surface area contributed by atoms with E-state index in [1.807, 2.05) is 7.05 Å². The van der Waals surface area contributed by atoms with Crippen molar-refractivity contribution in [1.82, 2.24) is 10.2 Å². The standard InChI is InChI=1S/C25H36N2O2/c1-5-22-21(20-9-7-6-8-17(20)2)11-13-27-16-18-14-19(10-12-26-3)23(27)25(22,15-18)24(28)29-4/h6-9,18-19,23,26H,5,10-16H2,1-4H3. The second-order valence-corrected chi connectivity index (χ2v) is 9.24. The average Bonchev–Trinajstić information content (AvgIpc) is 2.84. The lowest BCUT2D eigenvalue weighted by molar-refractivity contribution is -0.169. The van der Waals surface area contributed by atoms with Crippen LogP contribution in [0.2, 0.25) is 0 Å². The summed E-state index contributed by atoms with van der Waals surface area (Å²) in [6.07, 6.45) is 5.26. The van der Waals surface area contributed by atoms with E-state index in [1.165, 1.54) is 28.7 Å². The first-order chi connectivity index (χ1) is 14.1. The predicted octanol–water partition coefficient (Wildman–Crippen LogP) is 4.04. The van der Waals surface area contributed by atoms with Gasteiger partial charge in [0.1, 0.15) is 5.41 Å². The van der Waals surface area contributed by atoms with E-state index < -0.39 is 5.41 Å². The van der Waals surface area contributed by atoms with E-state index in [2.05, 4.69) is 48.3 Å². The number of methoxy groups -OCH3 is 1. The maximum atomic E-state index is 13.6. The molecule has 0 amide bonds. The molecule has 4 bridgehead atoms. The normalized spacial score (nSPS) is 33.5. The number of nitrogens with one attached hydrogen (secondary N) is 1. The Labute approximate surface area is 175 Å². The summed E-state index contributed by atoms with van der Waals surface area (Å²) in [7, 11) is 3.61. The Hall–Kier alpha value is -1.65. The zero-order valence-electron chi connectivity index (χ0n) is 18.5. The molecular weight excluding hydrogens is 360 g/mol. The molecule has 5 atom stereocenters. The van der Waals surface area contributed by atoms with E-state index in [-0.39, 0.29) is 12.0 Å². The summed E-state index contributed by atoms with van der Waals surface area (Å²) < 4.78 is 5.56. The molecule has 3 aliphatic heterocycles. The van der Waals surface area contributed by atoms with Crippen LogP contribution in [0.3, 0.4) is 0 Å². The van der Waals surface area contributed by atoms with E-state index in [9.17, 15) is 4.79 Å². The number of rotatable bonds is 6. The molecular formula is C25H36N2O2. The SMILES string of the molecule is CCC1=C(c2ccccc2C)CCN2CC3CC(CCNC)C2C1(C(=O)OC)C3. The molecule has 1 aromatic carbocycles. The van der Waals surface area contributed by atoms with Gasteiger partial charge in [-0.15, -0.1) is 0 Å². The highest BCUT2D eigenvalue weighted by Crippen LogP contribution is 2.58. The first-order valence-corrected chi connectivity index (χ1v) is 11.3. The molecule has 0 spiro atoms. The van der Waals surface area contributed by atoms with Crippen molar-refractivity contribution in [1.29, 1.82) is 0 Å². The fourth-order valence-electron chi connectivity index (χ4n) is 6.87. The second kappa shape index (κ2) is 8.23. The fourth-order valence-corrected chi connectivity index (χ4v) is 6.87. The van der Waals surface area contributed by atoms with Crippen molar-refractivity contribution in [2.45, 2.75) is 52.0 Å². The van der Waals surface area contributed by atoms with Crippen LogP contribution in [0.1, 0.15) is 50.2 Å². The van der Waals surface area contributed by atoms with Crippen molar-refractivity contribution in [2.24, 2.45) is 17.3 Å². The zero-order chi connectivity index (χ0) is 20.6. The number of aryl methyl sites for hydroxylation is 1. The molecule has 1 aromatic rings. The summed E-state index contributed by atoms with van der Waals surface area (Å²) in [6.45, 7) is 7.62. The van der Waals surface area contributed by atoms with Gasteiger partial charge in [0.25, 0.3) is 0 Å². The lowest BCUT2D eigenvalue weighted by Crippen LogP contribution is -2.65. The van der Waals surface area contributed by atoms with Crippen LogP contribution in [0.4, 0.5) is 0 Å². The number of carbonyl (C=O) groups excluding carboxylic acids is 1. The summed E-state index contributed by atoms with van der Waals surface area (Å²) in [6, 6.07) is 8.94. The number of fused-ring (bicyclic) bond motifs is 1. The van der Waals surface area contributed by atoms with Gasteiger partial charge in [-0.1, -0.05) is 31.2 Å². The third kappa shape index (κ3) is 3.25. The number of piperidine rings is 2. The van der Waals surface area contributed by atoms with Crippen molar-refractivity contribution >= 4 is 11.5 Å². The van der Waals surface area contributed by atoms with Crippen molar-refractivity contribution in [2.75, 3.05) is 33.8 Å². The lowest BCUT2D eigenvalue weighted by Gasteiger charge is -2.59. The highest BCUT2D eigenvalue weighted by molar-refractivity contribution is 5.87. The number of benzene rings is 1. The first kappa shape index (κ1) is 20.6. The van der Waals surface area contributed by atoms with Crippen LogP contribution >= 0.6 is 0 Å². The topological polar surface area (TPSA) is 41.6 Å². The van der Waals surface area contributed by atoms with Crippen molar-refractivity contribution in [3.8, 4) is 0 Å². The van der Waals surface area contributed by atoms with Gasteiger partial charge in [-0.2, -0.15) is 0 Å². The largest absolute Gasteiger partial charge is 0.468 e. The van der Waals surface area contributed by atoms with Crippen LogP contribution in [0, 0.1) is 24.2 Å². The van der Waals surface area contributed by atoms with Gasteiger partial charge in [0.05, 0.1) is 7.11 Å². The van der Waals surface area contributed by atoms with E-state index in [1.54, 1.807) is 7.11 Å². The molecule has 4 aliphatic rings. The van der Waals surface area contributed by atoms with Gasteiger partial charge >= 0.3 is 5.97 Å². The Morgan fingerprint density at radius 1 is 1.34 bits per heavy atom. The van der Waals surface area contributed by atoms with E-state index in [0.717, 1.165) is 45.3 Å². The maximum absolute atomic E-state index is 13.6. The van der Waals surface area contributed by atoms with Crippen LogP contribution in [0.15, 0.2) is 29.8 Å². The summed E-state index contributed by atoms with van der Waals surface area (Å²) in [5.41, 5.74) is 4.89. The minimum Gasteiger partial charge on any atom is -0.468 e. The maximum Gasteiger partial charge on any atom is 0.317 e.